The third-order valence-electron chi connectivity index (χ3n) is 3.87. The summed E-state index contributed by atoms with van der Waals surface area (Å²) in [6.45, 7) is 5.94. The Bertz CT molecular complexity index is 725. The van der Waals surface area contributed by atoms with Crippen LogP contribution in [0.4, 0.5) is 0 Å². The lowest BCUT2D eigenvalue weighted by Gasteiger charge is -2.33. The van der Waals surface area contributed by atoms with Crippen molar-refractivity contribution >= 4 is 29.1 Å². The molecule has 1 aromatic carbocycles. The number of carbonyl (C=O) groups excluding carboxylic acids is 1. The second kappa shape index (κ2) is 6.47. The van der Waals surface area contributed by atoms with Gasteiger partial charge in [-0.2, -0.15) is 0 Å². The molecule has 1 aromatic heterocycles. The first-order valence-electron chi connectivity index (χ1n) is 7.38. The number of hydrogen-bond acceptors (Lipinski definition) is 4. The van der Waals surface area contributed by atoms with Gasteiger partial charge in [-0.25, -0.2) is 9.67 Å². The van der Waals surface area contributed by atoms with Crippen molar-refractivity contribution in [1.29, 1.82) is 0 Å². The molecule has 23 heavy (non-hydrogen) atoms. The number of carbonyl (C=O) groups is 1. The second-order valence-corrected chi connectivity index (χ2v) is 6.33. The van der Waals surface area contributed by atoms with Crippen LogP contribution >= 0.6 is 23.2 Å². The number of aryl methyl sites for hydroxylation is 1. The highest BCUT2D eigenvalue weighted by molar-refractivity contribution is 6.37. The molecule has 0 unspecified atom stereocenters. The van der Waals surface area contributed by atoms with Crippen molar-refractivity contribution in [2.45, 2.75) is 19.9 Å². The Morgan fingerprint density at radius 2 is 2.04 bits per heavy atom. The van der Waals surface area contributed by atoms with Gasteiger partial charge in [0.25, 0.3) is 5.91 Å². The standard InChI is InChI=1S/C15H17Cl2N5O/c1-9-8-18-6-7-21(9)15(23)14-19-10(2)22(20-14)13-11(16)4-3-5-12(13)17/h3-5,9,18H,6-8H2,1-2H3/t9-/m1/s1. The molecule has 0 bridgehead atoms. The normalized spacial score (nSPS) is 18.3. The Balaban J connectivity index is 1.96. The molecular formula is C15H17Cl2N5O. The predicted molar refractivity (Wildman–Crippen MR) is 89.5 cm³/mol. The van der Waals surface area contributed by atoms with E-state index in [4.69, 9.17) is 23.2 Å². The van der Waals surface area contributed by atoms with Gasteiger partial charge in [0.2, 0.25) is 5.82 Å². The molecule has 1 aliphatic heterocycles. The maximum absolute atomic E-state index is 12.7. The van der Waals surface area contributed by atoms with E-state index in [1.807, 2.05) is 6.92 Å². The Hall–Kier alpha value is -1.63. The van der Waals surface area contributed by atoms with Crippen molar-refractivity contribution in [2.75, 3.05) is 19.6 Å². The van der Waals surface area contributed by atoms with E-state index < -0.39 is 0 Å². The highest BCUT2D eigenvalue weighted by atomic mass is 35.5. The maximum Gasteiger partial charge on any atom is 0.293 e. The first kappa shape index (κ1) is 16.2. The van der Waals surface area contributed by atoms with Crippen LogP contribution in [0.1, 0.15) is 23.4 Å². The molecule has 6 nitrogen and oxygen atoms in total. The van der Waals surface area contributed by atoms with Crippen molar-refractivity contribution in [3.05, 3.63) is 39.9 Å². The fourth-order valence-electron chi connectivity index (χ4n) is 2.66. The minimum Gasteiger partial charge on any atom is -0.331 e. The lowest BCUT2D eigenvalue weighted by atomic mass is 10.2. The van der Waals surface area contributed by atoms with Crippen molar-refractivity contribution in [3.8, 4) is 5.69 Å². The minimum absolute atomic E-state index is 0.104. The van der Waals surface area contributed by atoms with E-state index in [0.29, 0.717) is 28.1 Å². The maximum atomic E-state index is 12.7. The zero-order chi connectivity index (χ0) is 16.6. The van der Waals surface area contributed by atoms with Gasteiger partial charge in [-0.1, -0.05) is 29.3 Å². The number of nitrogens with one attached hydrogen (secondary N) is 1. The van der Waals surface area contributed by atoms with Crippen LogP contribution < -0.4 is 5.32 Å². The van der Waals surface area contributed by atoms with Crippen LogP contribution in [-0.4, -0.2) is 51.2 Å². The number of benzene rings is 1. The molecule has 1 saturated heterocycles. The van der Waals surface area contributed by atoms with Gasteiger partial charge in [0.05, 0.1) is 10.0 Å². The second-order valence-electron chi connectivity index (χ2n) is 5.52. The van der Waals surface area contributed by atoms with E-state index in [-0.39, 0.29) is 17.8 Å². The number of piperazine rings is 1. The van der Waals surface area contributed by atoms with Crippen LogP contribution in [0.15, 0.2) is 18.2 Å². The van der Waals surface area contributed by atoms with Gasteiger partial charge in [-0.3, -0.25) is 4.79 Å². The summed E-state index contributed by atoms with van der Waals surface area (Å²) in [5.41, 5.74) is 0.535. The number of aromatic nitrogens is 3. The minimum atomic E-state index is -0.177. The highest BCUT2D eigenvalue weighted by Crippen LogP contribution is 2.28. The van der Waals surface area contributed by atoms with E-state index in [0.717, 1.165) is 13.1 Å². The summed E-state index contributed by atoms with van der Waals surface area (Å²) >= 11 is 12.4. The molecule has 2 heterocycles. The molecule has 1 amide bonds. The third kappa shape index (κ3) is 3.06. The van der Waals surface area contributed by atoms with Crippen molar-refractivity contribution in [3.63, 3.8) is 0 Å². The lowest BCUT2D eigenvalue weighted by Crippen LogP contribution is -2.52. The quantitative estimate of drug-likeness (QED) is 0.899. The van der Waals surface area contributed by atoms with E-state index in [1.54, 1.807) is 30.0 Å². The Morgan fingerprint density at radius 1 is 1.35 bits per heavy atom. The largest absolute Gasteiger partial charge is 0.331 e. The van der Waals surface area contributed by atoms with Crippen LogP contribution in [0.2, 0.25) is 10.0 Å². The highest BCUT2D eigenvalue weighted by Gasteiger charge is 2.28. The lowest BCUT2D eigenvalue weighted by molar-refractivity contribution is 0.0643. The molecule has 0 spiro atoms. The first-order valence-corrected chi connectivity index (χ1v) is 8.14. The zero-order valence-corrected chi connectivity index (χ0v) is 14.4. The summed E-state index contributed by atoms with van der Waals surface area (Å²) in [6, 6.07) is 5.31. The van der Waals surface area contributed by atoms with Crippen LogP contribution in [-0.2, 0) is 0 Å². The fourth-order valence-corrected chi connectivity index (χ4v) is 3.21. The summed E-state index contributed by atoms with van der Waals surface area (Å²) in [6.07, 6.45) is 0. The van der Waals surface area contributed by atoms with Crippen molar-refractivity contribution in [1.82, 2.24) is 25.0 Å². The molecule has 1 atom stereocenters. The number of halogens is 2. The summed E-state index contributed by atoms with van der Waals surface area (Å²) in [5.74, 6) is 0.544. The Morgan fingerprint density at radius 3 is 2.70 bits per heavy atom. The summed E-state index contributed by atoms with van der Waals surface area (Å²) in [4.78, 5) is 18.8. The molecule has 2 aromatic rings. The van der Waals surface area contributed by atoms with Gasteiger partial charge in [-0.15, -0.1) is 5.10 Å². The third-order valence-corrected chi connectivity index (χ3v) is 4.48. The van der Waals surface area contributed by atoms with Crippen LogP contribution in [0.3, 0.4) is 0 Å². The van der Waals surface area contributed by atoms with Crippen molar-refractivity contribution in [2.24, 2.45) is 0 Å². The molecule has 3 rings (SSSR count). The van der Waals surface area contributed by atoms with E-state index in [2.05, 4.69) is 15.4 Å². The molecule has 0 saturated carbocycles. The summed E-state index contributed by atoms with van der Waals surface area (Å²) < 4.78 is 1.52. The van der Waals surface area contributed by atoms with Crippen LogP contribution in [0.25, 0.3) is 5.69 Å². The van der Waals surface area contributed by atoms with Gasteiger partial charge in [0.15, 0.2) is 0 Å². The van der Waals surface area contributed by atoms with Crippen LogP contribution in [0, 0.1) is 6.92 Å². The van der Waals surface area contributed by atoms with Gasteiger partial charge < -0.3 is 10.2 Å². The van der Waals surface area contributed by atoms with Gasteiger partial charge in [0.1, 0.15) is 11.5 Å². The smallest absolute Gasteiger partial charge is 0.293 e. The average Bonchev–Trinajstić information content (AvgIpc) is 2.89. The predicted octanol–water partition coefficient (Wildman–Crippen LogP) is 2.32. The molecule has 1 N–H and O–H groups in total. The molecule has 8 heteroatoms. The SMILES string of the molecule is Cc1nc(C(=O)N2CCNC[C@H]2C)nn1-c1c(Cl)cccc1Cl. The molecular weight excluding hydrogens is 337 g/mol. The summed E-state index contributed by atoms with van der Waals surface area (Å²) in [7, 11) is 0. The monoisotopic (exact) mass is 353 g/mol. The van der Waals surface area contributed by atoms with E-state index >= 15 is 0 Å². The average molecular weight is 354 g/mol. The first-order chi connectivity index (χ1) is 11.0. The molecule has 122 valence electrons. The number of nitrogens with zero attached hydrogens (tertiary/aromatic N) is 4. The van der Waals surface area contributed by atoms with Crippen LogP contribution in [0.5, 0.6) is 0 Å². The Kier molecular flexibility index (Phi) is 4.57. The molecule has 0 radical (unpaired) electrons. The van der Waals surface area contributed by atoms with Gasteiger partial charge >= 0.3 is 0 Å². The number of rotatable bonds is 2. The molecule has 0 aliphatic carbocycles. The van der Waals surface area contributed by atoms with Gasteiger partial charge in [-0.05, 0) is 26.0 Å². The topological polar surface area (TPSA) is 63.1 Å². The zero-order valence-electron chi connectivity index (χ0n) is 12.9. The number of amides is 1. The van der Waals surface area contributed by atoms with Crippen molar-refractivity contribution < 1.29 is 4.79 Å². The number of hydrogen-bond donors (Lipinski definition) is 1. The van der Waals surface area contributed by atoms with E-state index in [9.17, 15) is 4.79 Å². The fraction of sp³-hybridized carbons (Fsp3) is 0.400. The molecule has 1 fully saturated rings. The summed E-state index contributed by atoms with van der Waals surface area (Å²) in [5, 5.41) is 8.51. The number of para-hydroxylation sites is 1. The Labute approximate surface area is 144 Å². The van der Waals surface area contributed by atoms with Gasteiger partial charge in [0, 0.05) is 25.7 Å². The molecule has 1 aliphatic rings. The van der Waals surface area contributed by atoms with E-state index in [1.165, 1.54) is 4.68 Å².